The van der Waals surface area contributed by atoms with E-state index in [0.29, 0.717) is 39.4 Å². The first-order valence-electron chi connectivity index (χ1n) is 10.4. The number of rotatable bonds is 9. The molecule has 3 aromatic rings. The standard InChI is InChI=1S/C24H28F2NO3P/c1-4-5-6-7-10-17-12-13-19(23(26)22(17)25)30-24-16(3)14-20(31(29)27-28)18-11-8-9-15(2)21(18)24/h8-9,11-14,27-29H,4-7,10H2,1-3H3. The van der Waals surface area contributed by atoms with Crippen molar-refractivity contribution in [1.82, 2.24) is 5.25 Å². The van der Waals surface area contributed by atoms with Crippen LogP contribution in [0.15, 0.2) is 36.4 Å². The Morgan fingerprint density at radius 1 is 1.00 bits per heavy atom. The molecule has 0 aliphatic carbocycles. The zero-order chi connectivity index (χ0) is 22.5. The number of hydrogen-bond acceptors (Lipinski definition) is 4. The second-order valence-corrected chi connectivity index (χ2v) is 9.02. The van der Waals surface area contributed by atoms with Crippen LogP contribution in [-0.4, -0.2) is 10.1 Å². The Labute approximate surface area is 182 Å². The van der Waals surface area contributed by atoms with Gasteiger partial charge in [-0.1, -0.05) is 50.5 Å². The molecule has 0 aliphatic heterocycles. The molecule has 0 radical (unpaired) electrons. The molecule has 0 saturated heterocycles. The summed E-state index contributed by atoms with van der Waals surface area (Å²) >= 11 is 0. The first-order valence-corrected chi connectivity index (χ1v) is 11.7. The summed E-state index contributed by atoms with van der Waals surface area (Å²) in [5.41, 5.74) is 1.85. The summed E-state index contributed by atoms with van der Waals surface area (Å²) in [5, 5.41) is 13.0. The highest BCUT2D eigenvalue weighted by Crippen LogP contribution is 2.39. The van der Waals surface area contributed by atoms with Gasteiger partial charge < -0.3 is 14.8 Å². The zero-order valence-electron chi connectivity index (χ0n) is 18.0. The normalized spacial score (nSPS) is 12.4. The second kappa shape index (κ2) is 10.5. The minimum Gasteiger partial charge on any atom is -0.453 e. The molecule has 0 fully saturated rings. The maximum Gasteiger partial charge on any atom is 0.201 e. The molecule has 0 amide bonds. The molecule has 3 N–H and O–H groups in total. The number of ether oxygens (including phenoxy) is 1. The van der Waals surface area contributed by atoms with Crippen molar-refractivity contribution in [3.63, 3.8) is 0 Å². The van der Waals surface area contributed by atoms with Crippen LogP contribution in [0.1, 0.15) is 49.3 Å². The highest BCUT2D eigenvalue weighted by atomic mass is 31.2. The van der Waals surface area contributed by atoms with Crippen molar-refractivity contribution in [2.75, 3.05) is 0 Å². The Morgan fingerprint density at radius 2 is 1.77 bits per heavy atom. The number of nitrogens with one attached hydrogen (secondary N) is 1. The van der Waals surface area contributed by atoms with Gasteiger partial charge in [0.1, 0.15) is 5.75 Å². The maximum atomic E-state index is 14.8. The topological polar surface area (TPSA) is 61.7 Å². The molecule has 3 rings (SSSR count). The van der Waals surface area contributed by atoms with Crippen molar-refractivity contribution in [1.29, 1.82) is 0 Å². The van der Waals surface area contributed by atoms with E-state index in [1.807, 2.05) is 24.3 Å². The van der Waals surface area contributed by atoms with Gasteiger partial charge in [0, 0.05) is 10.7 Å². The fourth-order valence-corrected chi connectivity index (χ4v) is 4.62. The summed E-state index contributed by atoms with van der Waals surface area (Å²) in [5.74, 6) is -1.65. The smallest absolute Gasteiger partial charge is 0.201 e. The van der Waals surface area contributed by atoms with E-state index in [-0.39, 0.29) is 5.75 Å². The lowest BCUT2D eigenvalue weighted by Gasteiger charge is -2.19. The molecule has 0 aliphatic rings. The fourth-order valence-electron chi connectivity index (χ4n) is 3.78. The van der Waals surface area contributed by atoms with Crippen LogP contribution in [0.2, 0.25) is 0 Å². The lowest BCUT2D eigenvalue weighted by Crippen LogP contribution is -2.13. The largest absolute Gasteiger partial charge is 0.453 e. The number of unbranched alkanes of at least 4 members (excludes halogenated alkanes) is 3. The Bertz CT molecular complexity index is 1070. The lowest BCUT2D eigenvalue weighted by atomic mass is 10.0. The van der Waals surface area contributed by atoms with Crippen molar-refractivity contribution >= 4 is 24.4 Å². The predicted octanol–water partition coefficient (Wildman–Crippen LogP) is 6.56. The zero-order valence-corrected chi connectivity index (χ0v) is 18.9. The minimum atomic E-state index is -1.98. The molecule has 0 heterocycles. The number of halogens is 2. The van der Waals surface area contributed by atoms with Crippen molar-refractivity contribution in [2.24, 2.45) is 0 Å². The van der Waals surface area contributed by atoms with Crippen molar-refractivity contribution < 1.29 is 23.6 Å². The SMILES string of the molecule is CCCCCCc1ccc(Oc2c(C)cc(P(O)NO)c3cccc(C)c23)c(F)c1F. The molecule has 7 heteroatoms. The number of hydrogen-bond donors (Lipinski definition) is 3. The lowest BCUT2D eigenvalue weighted by molar-refractivity contribution is 0.242. The molecule has 4 nitrogen and oxygen atoms in total. The molecule has 1 atom stereocenters. The fraction of sp³-hybridized carbons (Fsp3) is 0.333. The Hall–Kier alpha value is -2.11. The Balaban J connectivity index is 2.00. The summed E-state index contributed by atoms with van der Waals surface area (Å²) in [6.07, 6.45) is 4.46. The highest BCUT2D eigenvalue weighted by molar-refractivity contribution is 7.58. The Morgan fingerprint density at radius 3 is 2.48 bits per heavy atom. The van der Waals surface area contributed by atoms with E-state index in [2.05, 4.69) is 6.92 Å². The van der Waals surface area contributed by atoms with Crippen LogP contribution in [0.3, 0.4) is 0 Å². The van der Waals surface area contributed by atoms with Crippen molar-refractivity contribution in [2.45, 2.75) is 52.9 Å². The maximum absolute atomic E-state index is 14.8. The van der Waals surface area contributed by atoms with E-state index in [4.69, 9.17) is 4.74 Å². The van der Waals surface area contributed by atoms with Crippen molar-refractivity contribution in [3.8, 4) is 11.5 Å². The average Bonchev–Trinajstić information content (AvgIpc) is 2.76. The molecule has 3 aromatic carbocycles. The predicted molar refractivity (Wildman–Crippen MR) is 121 cm³/mol. The van der Waals surface area contributed by atoms with Gasteiger partial charge in [-0.05, 0) is 60.9 Å². The van der Waals surface area contributed by atoms with E-state index < -0.39 is 19.9 Å². The molecule has 31 heavy (non-hydrogen) atoms. The molecule has 0 spiro atoms. The number of fused-ring (bicyclic) bond motifs is 1. The molecule has 0 aromatic heterocycles. The minimum absolute atomic E-state index is 0.179. The van der Waals surface area contributed by atoms with Gasteiger partial charge in [-0.2, -0.15) is 9.64 Å². The van der Waals surface area contributed by atoms with Crippen LogP contribution in [0, 0.1) is 25.5 Å². The van der Waals surface area contributed by atoms with Gasteiger partial charge in [-0.25, -0.2) is 4.39 Å². The van der Waals surface area contributed by atoms with E-state index in [1.54, 1.807) is 25.1 Å². The summed E-state index contributed by atoms with van der Waals surface area (Å²) < 4.78 is 35.4. The molecule has 0 saturated carbocycles. The molecule has 1 unspecified atom stereocenters. The molecular weight excluding hydrogens is 419 g/mol. The molecular formula is C24H28F2NO3P. The van der Waals surface area contributed by atoms with Gasteiger partial charge in [-0.3, -0.25) is 0 Å². The average molecular weight is 447 g/mol. The van der Waals surface area contributed by atoms with Gasteiger partial charge in [0.2, 0.25) is 5.82 Å². The number of benzene rings is 3. The van der Waals surface area contributed by atoms with Gasteiger partial charge >= 0.3 is 0 Å². The third-order valence-electron chi connectivity index (χ3n) is 5.45. The van der Waals surface area contributed by atoms with Crippen LogP contribution in [-0.2, 0) is 6.42 Å². The Kier molecular flexibility index (Phi) is 7.95. The monoisotopic (exact) mass is 447 g/mol. The quantitative estimate of drug-likeness (QED) is 0.198. The van der Waals surface area contributed by atoms with Crippen LogP contribution in [0.25, 0.3) is 10.8 Å². The third kappa shape index (κ3) is 5.04. The summed E-state index contributed by atoms with van der Waals surface area (Å²) in [6.45, 7) is 5.75. The van der Waals surface area contributed by atoms with E-state index in [9.17, 15) is 18.9 Å². The van der Waals surface area contributed by atoms with Gasteiger partial charge in [0.25, 0.3) is 0 Å². The van der Waals surface area contributed by atoms with E-state index >= 15 is 0 Å². The number of aryl methyl sites for hydroxylation is 3. The summed E-state index contributed by atoms with van der Waals surface area (Å²) in [4.78, 5) is 10.2. The first kappa shape index (κ1) is 23.6. The van der Waals surface area contributed by atoms with Gasteiger partial charge in [-0.15, -0.1) is 0 Å². The van der Waals surface area contributed by atoms with Crippen molar-refractivity contribution in [3.05, 3.63) is 64.7 Å². The molecule has 0 bridgehead atoms. The summed E-state index contributed by atoms with van der Waals surface area (Å²) in [6, 6.07) is 10.2. The summed E-state index contributed by atoms with van der Waals surface area (Å²) in [7, 11) is -1.98. The third-order valence-corrected chi connectivity index (χ3v) is 6.46. The second-order valence-electron chi connectivity index (χ2n) is 7.71. The van der Waals surface area contributed by atoms with Gasteiger partial charge in [0.05, 0.1) is 0 Å². The van der Waals surface area contributed by atoms with Crippen LogP contribution in [0.4, 0.5) is 8.78 Å². The van der Waals surface area contributed by atoms with E-state index in [0.717, 1.165) is 31.2 Å². The van der Waals surface area contributed by atoms with Crippen LogP contribution in [0.5, 0.6) is 11.5 Å². The van der Waals surface area contributed by atoms with Gasteiger partial charge in [0.15, 0.2) is 19.9 Å². The first-order chi connectivity index (χ1) is 14.9. The highest BCUT2D eigenvalue weighted by Gasteiger charge is 2.21. The van der Waals surface area contributed by atoms with Crippen LogP contribution >= 0.6 is 8.30 Å². The van der Waals surface area contributed by atoms with Crippen LogP contribution < -0.4 is 15.3 Å². The van der Waals surface area contributed by atoms with E-state index in [1.165, 1.54) is 6.07 Å². The molecule has 166 valence electrons.